The van der Waals surface area contributed by atoms with Crippen LogP contribution in [0.2, 0.25) is 0 Å². The summed E-state index contributed by atoms with van der Waals surface area (Å²) in [5.41, 5.74) is 5.18. The number of hydrogen-bond donors (Lipinski definition) is 1. The van der Waals surface area contributed by atoms with Crippen LogP contribution in [0.4, 0.5) is 0 Å². The molecule has 0 spiro atoms. The first-order chi connectivity index (χ1) is 5.34. The predicted octanol–water partition coefficient (Wildman–Crippen LogP) is 2.08. The molecule has 0 bridgehead atoms. The molecule has 1 N–H and O–H groups in total. The third kappa shape index (κ3) is 2.35. The predicted molar refractivity (Wildman–Crippen MR) is 50.2 cm³/mol. The lowest BCUT2D eigenvalue weighted by atomic mass is 10.2. The molecule has 0 saturated heterocycles. The van der Waals surface area contributed by atoms with Crippen LogP contribution in [0.5, 0.6) is 0 Å². The molecule has 0 unspecified atom stereocenters. The Labute approximate surface area is 70.9 Å². The van der Waals surface area contributed by atoms with Crippen molar-refractivity contribution in [1.82, 2.24) is 5.43 Å². The zero-order valence-electron chi connectivity index (χ0n) is 6.79. The molecule has 0 fully saturated rings. The quantitative estimate of drug-likeness (QED) is 0.542. The SMILES string of the molecule is CCNN=C(C)c1ccsc1. The van der Waals surface area contributed by atoms with Crippen molar-refractivity contribution in [1.29, 1.82) is 0 Å². The molecule has 0 atom stereocenters. The van der Waals surface area contributed by atoms with Gasteiger partial charge >= 0.3 is 0 Å². The van der Waals surface area contributed by atoms with E-state index in [0.29, 0.717) is 0 Å². The summed E-state index contributed by atoms with van der Waals surface area (Å²) < 4.78 is 0. The Morgan fingerprint density at radius 3 is 3.09 bits per heavy atom. The van der Waals surface area contributed by atoms with Crippen LogP contribution in [0.25, 0.3) is 0 Å². The van der Waals surface area contributed by atoms with Gasteiger partial charge in [0.1, 0.15) is 0 Å². The zero-order valence-corrected chi connectivity index (χ0v) is 7.61. The third-order valence-corrected chi connectivity index (χ3v) is 2.03. The molecule has 0 radical (unpaired) electrons. The van der Waals surface area contributed by atoms with E-state index in [4.69, 9.17) is 0 Å². The van der Waals surface area contributed by atoms with E-state index in [9.17, 15) is 0 Å². The van der Waals surface area contributed by atoms with Crippen molar-refractivity contribution in [2.24, 2.45) is 5.10 Å². The second-order valence-corrected chi connectivity index (χ2v) is 3.00. The van der Waals surface area contributed by atoms with Gasteiger partial charge in [-0.1, -0.05) is 0 Å². The van der Waals surface area contributed by atoms with E-state index in [1.165, 1.54) is 5.56 Å². The monoisotopic (exact) mass is 168 g/mol. The van der Waals surface area contributed by atoms with Crippen LogP contribution in [0.15, 0.2) is 21.9 Å². The summed E-state index contributed by atoms with van der Waals surface area (Å²) in [4.78, 5) is 0. The van der Waals surface area contributed by atoms with Crippen molar-refractivity contribution < 1.29 is 0 Å². The number of nitrogens with one attached hydrogen (secondary N) is 1. The van der Waals surface area contributed by atoms with Crippen LogP contribution in [0, 0.1) is 0 Å². The second-order valence-electron chi connectivity index (χ2n) is 2.22. The highest BCUT2D eigenvalue weighted by Crippen LogP contribution is 2.06. The Morgan fingerprint density at radius 1 is 1.73 bits per heavy atom. The lowest BCUT2D eigenvalue weighted by molar-refractivity contribution is 0.783. The minimum Gasteiger partial charge on any atom is -0.310 e. The summed E-state index contributed by atoms with van der Waals surface area (Å²) in [5.74, 6) is 0. The Hall–Kier alpha value is -0.830. The number of rotatable bonds is 3. The van der Waals surface area contributed by atoms with E-state index in [0.717, 1.165) is 12.3 Å². The number of hydrogen-bond acceptors (Lipinski definition) is 3. The van der Waals surface area contributed by atoms with Crippen molar-refractivity contribution in [3.05, 3.63) is 22.4 Å². The van der Waals surface area contributed by atoms with E-state index in [1.54, 1.807) is 11.3 Å². The van der Waals surface area contributed by atoms with Gasteiger partial charge in [0.05, 0.1) is 5.71 Å². The average molecular weight is 168 g/mol. The molecule has 0 saturated carbocycles. The van der Waals surface area contributed by atoms with Crippen LogP contribution in [0.1, 0.15) is 19.4 Å². The smallest absolute Gasteiger partial charge is 0.0652 e. The van der Waals surface area contributed by atoms with Gasteiger partial charge in [-0.2, -0.15) is 16.4 Å². The minimum absolute atomic E-state index is 0.876. The van der Waals surface area contributed by atoms with Gasteiger partial charge in [-0.3, -0.25) is 0 Å². The largest absolute Gasteiger partial charge is 0.310 e. The zero-order chi connectivity index (χ0) is 8.10. The van der Waals surface area contributed by atoms with Crippen LogP contribution >= 0.6 is 11.3 Å². The van der Waals surface area contributed by atoms with Crippen LogP contribution in [0.3, 0.4) is 0 Å². The fourth-order valence-electron chi connectivity index (χ4n) is 0.733. The van der Waals surface area contributed by atoms with Crippen LogP contribution < -0.4 is 5.43 Å². The summed E-state index contributed by atoms with van der Waals surface area (Å²) in [6, 6.07) is 2.07. The normalized spacial score (nSPS) is 11.6. The summed E-state index contributed by atoms with van der Waals surface area (Å²) in [7, 11) is 0. The molecule has 1 aromatic heterocycles. The summed E-state index contributed by atoms with van der Waals surface area (Å²) in [5, 5.41) is 8.31. The standard InChI is InChI=1S/C8H12N2S/c1-3-9-10-7(2)8-4-5-11-6-8/h4-6,9H,3H2,1-2H3. The maximum atomic E-state index is 4.16. The fraction of sp³-hybridized carbons (Fsp3) is 0.375. The first-order valence-electron chi connectivity index (χ1n) is 3.64. The molecule has 11 heavy (non-hydrogen) atoms. The van der Waals surface area contributed by atoms with Crippen molar-refractivity contribution in [2.75, 3.05) is 6.54 Å². The molecule has 0 aromatic carbocycles. The molecule has 0 aliphatic carbocycles. The summed E-state index contributed by atoms with van der Waals surface area (Å²) >= 11 is 1.69. The van der Waals surface area contributed by atoms with Crippen LogP contribution in [-0.2, 0) is 0 Å². The molecule has 0 aliphatic rings. The Balaban J connectivity index is 2.62. The maximum absolute atomic E-state index is 4.16. The maximum Gasteiger partial charge on any atom is 0.0652 e. The molecule has 3 heteroatoms. The second kappa shape index (κ2) is 4.13. The van der Waals surface area contributed by atoms with E-state index in [1.807, 2.05) is 13.8 Å². The minimum atomic E-state index is 0.876. The molecular formula is C8H12N2S. The number of nitrogens with zero attached hydrogens (tertiary/aromatic N) is 1. The highest BCUT2D eigenvalue weighted by Gasteiger charge is 1.94. The van der Waals surface area contributed by atoms with Gasteiger partial charge < -0.3 is 5.43 Å². The molecule has 2 nitrogen and oxygen atoms in total. The highest BCUT2D eigenvalue weighted by molar-refractivity contribution is 7.08. The van der Waals surface area contributed by atoms with E-state index < -0.39 is 0 Å². The third-order valence-electron chi connectivity index (χ3n) is 1.34. The van der Waals surface area contributed by atoms with Gasteiger partial charge in [-0.25, -0.2) is 0 Å². The van der Waals surface area contributed by atoms with Crippen molar-refractivity contribution in [2.45, 2.75) is 13.8 Å². The van der Waals surface area contributed by atoms with Gasteiger partial charge in [-0.05, 0) is 30.7 Å². The van der Waals surface area contributed by atoms with Gasteiger partial charge in [-0.15, -0.1) is 0 Å². The molecule has 1 rings (SSSR count). The molecular weight excluding hydrogens is 156 g/mol. The van der Waals surface area contributed by atoms with E-state index >= 15 is 0 Å². The van der Waals surface area contributed by atoms with Crippen molar-refractivity contribution in [3.63, 3.8) is 0 Å². The highest BCUT2D eigenvalue weighted by atomic mass is 32.1. The Bertz CT molecular complexity index is 226. The van der Waals surface area contributed by atoms with Crippen LogP contribution in [-0.4, -0.2) is 12.3 Å². The molecule has 1 aromatic rings. The lowest BCUT2D eigenvalue weighted by Gasteiger charge is -1.96. The number of hydrazone groups is 1. The summed E-state index contributed by atoms with van der Waals surface area (Å²) in [6.07, 6.45) is 0. The topological polar surface area (TPSA) is 24.4 Å². The molecule has 60 valence electrons. The van der Waals surface area contributed by atoms with Crippen molar-refractivity contribution >= 4 is 17.0 Å². The first kappa shape index (κ1) is 8.27. The fourth-order valence-corrected chi connectivity index (χ4v) is 1.43. The van der Waals surface area contributed by atoms with Gasteiger partial charge in [0, 0.05) is 12.1 Å². The van der Waals surface area contributed by atoms with Gasteiger partial charge in [0.25, 0.3) is 0 Å². The first-order valence-corrected chi connectivity index (χ1v) is 4.58. The van der Waals surface area contributed by atoms with Crippen molar-refractivity contribution in [3.8, 4) is 0 Å². The average Bonchev–Trinajstić information content (AvgIpc) is 2.52. The van der Waals surface area contributed by atoms with Gasteiger partial charge in [0.15, 0.2) is 0 Å². The lowest BCUT2D eigenvalue weighted by Crippen LogP contribution is -2.07. The van der Waals surface area contributed by atoms with E-state index in [2.05, 4.69) is 27.4 Å². The van der Waals surface area contributed by atoms with E-state index in [-0.39, 0.29) is 0 Å². The Morgan fingerprint density at radius 2 is 2.55 bits per heavy atom. The summed E-state index contributed by atoms with van der Waals surface area (Å²) in [6.45, 7) is 4.91. The number of thiophene rings is 1. The van der Waals surface area contributed by atoms with Gasteiger partial charge in [0.2, 0.25) is 0 Å². The molecule has 1 heterocycles. The molecule has 0 aliphatic heterocycles. The Kier molecular flexibility index (Phi) is 3.11. The molecule has 0 amide bonds.